The lowest BCUT2D eigenvalue weighted by molar-refractivity contribution is -0.889. The van der Waals surface area contributed by atoms with Gasteiger partial charge in [0.25, 0.3) is 0 Å². The van der Waals surface area contributed by atoms with Crippen LogP contribution in [-0.4, -0.2) is 75.5 Å². The van der Waals surface area contributed by atoms with Crippen molar-refractivity contribution in [1.29, 1.82) is 0 Å². The molecule has 8 heteroatoms. The lowest BCUT2D eigenvalue weighted by atomic mass is 10.1. The maximum Gasteiger partial charge on any atom is 0.306 e. The number of carbonyl (C=O) groups is 3. The van der Waals surface area contributed by atoms with E-state index in [1.54, 1.807) is 21.1 Å². The average Bonchev–Trinajstić information content (AvgIpc) is 3.12. The van der Waals surface area contributed by atoms with Crippen molar-refractivity contribution < 1.29 is 38.2 Å². The summed E-state index contributed by atoms with van der Waals surface area (Å²) < 4.78 is 17.1. The van der Waals surface area contributed by atoms with Gasteiger partial charge in [-0.3, -0.25) is 9.59 Å². The second-order valence-corrected chi connectivity index (χ2v) is 16.3. The summed E-state index contributed by atoms with van der Waals surface area (Å²) in [4.78, 5) is 36.8. The SMILES string of the molecule is CCCC/C=C/CCCCCCCC(=O)OC(COCCC(C(=O)[O-])[N+](C)(C)C)COC(=O)CCCCCCCCC/C=C/CCCCCCCCCC. The first-order valence-electron chi connectivity index (χ1n) is 22.4. The van der Waals surface area contributed by atoms with Gasteiger partial charge in [0, 0.05) is 19.3 Å². The zero-order chi connectivity index (χ0) is 40.0. The fourth-order valence-electron chi connectivity index (χ4n) is 6.52. The third-order valence-electron chi connectivity index (χ3n) is 10.1. The quantitative estimate of drug-likeness (QED) is 0.0265. The molecule has 0 aromatic carbocycles. The Kier molecular flexibility index (Phi) is 36.2. The number of ether oxygens (including phenoxy) is 3. The lowest BCUT2D eigenvalue weighted by Gasteiger charge is -2.34. The zero-order valence-corrected chi connectivity index (χ0v) is 35.9. The van der Waals surface area contributed by atoms with E-state index >= 15 is 0 Å². The molecule has 0 fully saturated rings. The molecule has 0 aliphatic heterocycles. The van der Waals surface area contributed by atoms with Gasteiger partial charge in [-0.2, -0.15) is 0 Å². The number of rotatable bonds is 40. The maximum absolute atomic E-state index is 12.7. The van der Waals surface area contributed by atoms with E-state index < -0.39 is 18.1 Å². The molecule has 0 spiro atoms. The number of carboxylic acids is 1. The minimum absolute atomic E-state index is 0.0384. The third kappa shape index (κ3) is 35.5. The number of carbonyl (C=O) groups excluding carboxylic acids is 3. The van der Waals surface area contributed by atoms with Crippen LogP contribution in [0, 0.1) is 0 Å². The molecular formula is C46H85NO7. The predicted molar refractivity (Wildman–Crippen MR) is 222 cm³/mol. The number of likely N-dealkylation sites (N-methyl/N-ethyl adjacent to an activating group) is 1. The van der Waals surface area contributed by atoms with Gasteiger partial charge in [-0.25, -0.2) is 0 Å². The fourth-order valence-corrected chi connectivity index (χ4v) is 6.52. The molecule has 0 aliphatic rings. The van der Waals surface area contributed by atoms with Crippen LogP contribution in [0.1, 0.15) is 200 Å². The summed E-state index contributed by atoms with van der Waals surface area (Å²) in [5.41, 5.74) is 0. The summed E-state index contributed by atoms with van der Waals surface area (Å²) in [5, 5.41) is 11.6. The molecule has 54 heavy (non-hydrogen) atoms. The van der Waals surface area contributed by atoms with E-state index in [0.29, 0.717) is 12.8 Å². The molecule has 2 atom stereocenters. The van der Waals surface area contributed by atoms with Gasteiger partial charge in [-0.05, 0) is 57.8 Å². The molecule has 0 aromatic rings. The van der Waals surface area contributed by atoms with Crippen LogP contribution in [0.4, 0.5) is 0 Å². The summed E-state index contributed by atoms with van der Waals surface area (Å²) in [7, 11) is 5.40. The summed E-state index contributed by atoms with van der Waals surface area (Å²) in [6.45, 7) is 4.62. The Morgan fingerprint density at radius 2 is 0.944 bits per heavy atom. The molecule has 0 N–H and O–H groups in total. The van der Waals surface area contributed by atoms with Crippen molar-refractivity contribution in [1.82, 2.24) is 0 Å². The van der Waals surface area contributed by atoms with Crippen LogP contribution in [0.2, 0.25) is 0 Å². The van der Waals surface area contributed by atoms with Gasteiger partial charge in [-0.15, -0.1) is 0 Å². The van der Waals surface area contributed by atoms with Crippen molar-refractivity contribution in [3.8, 4) is 0 Å². The molecule has 0 bridgehead atoms. The van der Waals surface area contributed by atoms with Crippen molar-refractivity contribution in [3.63, 3.8) is 0 Å². The molecule has 0 aliphatic carbocycles. The van der Waals surface area contributed by atoms with E-state index in [2.05, 4.69) is 38.2 Å². The van der Waals surface area contributed by atoms with E-state index in [4.69, 9.17) is 14.2 Å². The van der Waals surface area contributed by atoms with Gasteiger partial charge < -0.3 is 28.6 Å². The number of quaternary nitrogens is 1. The van der Waals surface area contributed by atoms with Crippen LogP contribution in [0.3, 0.4) is 0 Å². The number of allylic oxidation sites excluding steroid dienone is 4. The number of nitrogens with zero attached hydrogens (tertiary/aromatic N) is 1. The third-order valence-corrected chi connectivity index (χ3v) is 10.1. The van der Waals surface area contributed by atoms with Crippen molar-refractivity contribution in [3.05, 3.63) is 24.3 Å². The number of carboxylic acid groups (broad SMARTS) is 1. The Labute approximate surface area is 332 Å². The molecule has 0 rings (SSSR count). The Bertz CT molecular complexity index is 942. The van der Waals surface area contributed by atoms with Crippen molar-refractivity contribution in [2.45, 2.75) is 212 Å². The first-order chi connectivity index (χ1) is 26.1. The molecule has 316 valence electrons. The predicted octanol–water partition coefficient (Wildman–Crippen LogP) is 10.7. The van der Waals surface area contributed by atoms with Crippen LogP contribution in [0.5, 0.6) is 0 Å². The summed E-state index contributed by atoms with van der Waals surface area (Å²) in [6, 6.07) is -0.725. The number of esters is 2. The zero-order valence-electron chi connectivity index (χ0n) is 35.9. The molecule has 0 amide bonds. The summed E-state index contributed by atoms with van der Waals surface area (Å²) in [6.07, 6.45) is 40.6. The summed E-state index contributed by atoms with van der Waals surface area (Å²) in [5.74, 6) is -1.75. The van der Waals surface area contributed by atoms with Crippen LogP contribution in [0.15, 0.2) is 24.3 Å². The van der Waals surface area contributed by atoms with Crippen LogP contribution >= 0.6 is 0 Å². The standard InChI is InChI=1S/C46H85NO7/c1-6-8-10-12-14-16-18-19-20-21-22-23-24-25-27-28-30-32-34-36-44(48)53-41-42(40-52-39-38-43(46(50)51)47(3,4)5)54-45(49)37-35-33-31-29-26-17-15-13-11-9-7-2/h13,15,21-22,42-43H,6-12,14,16-20,23-41H2,1-5H3/b15-13+,22-21+. The monoisotopic (exact) mass is 764 g/mol. The molecular weight excluding hydrogens is 679 g/mol. The molecule has 2 unspecified atom stereocenters. The number of hydrogen-bond donors (Lipinski definition) is 0. The average molecular weight is 764 g/mol. The number of hydrogen-bond acceptors (Lipinski definition) is 7. The second-order valence-electron chi connectivity index (χ2n) is 16.3. The molecule has 0 heterocycles. The van der Waals surface area contributed by atoms with Gasteiger partial charge in [0.15, 0.2) is 6.10 Å². The first-order valence-corrected chi connectivity index (χ1v) is 22.4. The van der Waals surface area contributed by atoms with Crippen molar-refractivity contribution >= 4 is 17.9 Å². The van der Waals surface area contributed by atoms with E-state index in [-0.39, 0.29) is 42.7 Å². The largest absolute Gasteiger partial charge is 0.544 e. The number of unbranched alkanes of at least 4 members (excludes halogenated alkanes) is 22. The van der Waals surface area contributed by atoms with Gasteiger partial charge >= 0.3 is 11.9 Å². The minimum atomic E-state index is -1.13. The molecule has 0 radical (unpaired) electrons. The Balaban J connectivity index is 4.27. The van der Waals surface area contributed by atoms with E-state index in [0.717, 1.165) is 51.4 Å². The highest BCUT2D eigenvalue weighted by Gasteiger charge is 2.25. The topological polar surface area (TPSA) is 102 Å². The van der Waals surface area contributed by atoms with Gasteiger partial charge in [0.1, 0.15) is 12.6 Å². The van der Waals surface area contributed by atoms with E-state index in [1.165, 1.54) is 116 Å². The second kappa shape index (κ2) is 37.7. The maximum atomic E-state index is 12.7. The molecule has 0 saturated carbocycles. The molecule has 0 aromatic heterocycles. The van der Waals surface area contributed by atoms with E-state index in [1.807, 2.05) is 0 Å². The highest BCUT2D eigenvalue weighted by molar-refractivity contribution is 5.70. The van der Waals surface area contributed by atoms with Crippen LogP contribution in [-0.2, 0) is 28.6 Å². The number of aliphatic carboxylic acids is 1. The normalized spacial score (nSPS) is 13.1. The Morgan fingerprint density at radius 1 is 0.537 bits per heavy atom. The van der Waals surface area contributed by atoms with E-state index in [9.17, 15) is 19.5 Å². The summed E-state index contributed by atoms with van der Waals surface area (Å²) >= 11 is 0. The fraction of sp³-hybridized carbons (Fsp3) is 0.848. The Hall–Kier alpha value is -2.19. The van der Waals surface area contributed by atoms with Gasteiger partial charge in [0.05, 0.1) is 40.3 Å². The highest BCUT2D eigenvalue weighted by Crippen LogP contribution is 2.14. The highest BCUT2D eigenvalue weighted by atomic mass is 16.6. The first kappa shape index (κ1) is 51.8. The lowest BCUT2D eigenvalue weighted by Crippen LogP contribution is -2.55. The van der Waals surface area contributed by atoms with Gasteiger partial charge in [-0.1, -0.05) is 147 Å². The van der Waals surface area contributed by atoms with Gasteiger partial charge in [0.2, 0.25) is 0 Å². The van der Waals surface area contributed by atoms with Crippen molar-refractivity contribution in [2.24, 2.45) is 0 Å². The molecule has 0 saturated heterocycles. The van der Waals surface area contributed by atoms with Crippen LogP contribution < -0.4 is 5.11 Å². The molecule has 8 nitrogen and oxygen atoms in total. The minimum Gasteiger partial charge on any atom is -0.544 e. The Morgan fingerprint density at radius 3 is 1.39 bits per heavy atom. The smallest absolute Gasteiger partial charge is 0.306 e. The van der Waals surface area contributed by atoms with Crippen molar-refractivity contribution in [2.75, 3.05) is 41.0 Å². The van der Waals surface area contributed by atoms with Crippen LogP contribution in [0.25, 0.3) is 0 Å².